The molecule has 0 spiro atoms. The minimum Gasteiger partial charge on any atom is -0.343 e. The molecule has 6 nitrogen and oxygen atoms in total. The molecule has 0 aliphatic carbocycles. The van der Waals surface area contributed by atoms with E-state index in [4.69, 9.17) is 0 Å². The average molecular weight is 333 g/mol. The molecule has 2 fully saturated rings. The molecule has 2 aliphatic rings. The van der Waals surface area contributed by atoms with Gasteiger partial charge in [-0.15, -0.1) is 0 Å². The van der Waals surface area contributed by atoms with E-state index in [-0.39, 0.29) is 18.1 Å². The van der Waals surface area contributed by atoms with Crippen molar-refractivity contribution in [3.63, 3.8) is 0 Å². The van der Waals surface area contributed by atoms with Crippen molar-refractivity contribution < 1.29 is 18.8 Å². The van der Waals surface area contributed by atoms with E-state index in [2.05, 4.69) is 10.6 Å². The van der Waals surface area contributed by atoms with Crippen molar-refractivity contribution in [3.8, 4) is 0 Å². The Morgan fingerprint density at radius 1 is 1.21 bits per heavy atom. The zero-order valence-corrected chi connectivity index (χ0v) is 13.3. The second kappa shape index (κ2) is 6.98. The molecule has 7 heteroatoms. The Kier molecular flexibility index (Phi) is 4.78. The minimum absolute atomic E-state index is 0.0183. The van der Waals surface area contributed by atoms with Crippen molar-refractivity contribution in [2.24, 2.45) is 5.92 Å². The number of nitrogens with one attached hydrogen (secondary N) is 2. The number of carbonyl (C=O) groups excluding carboxylic acids is 3. The summed E-state index contributed by atoms with van der Waals surface area (Å²) in [4.78, 5) is 36.5. The molecule has 1 aromatic carbocycles. The first kappa shape index (κ1) is 16.4. The second-order valence-electron chi connectivity index (χ2n) is 6.34. The molecule has 0 radical (unpaired) electrons. The highest BCUT2D eigenvalue weighted by molar-refractivity contribution is 6.05. The number of halogens is 1. The third-order valence-corrected chi connectivity index (χ3v) is 4.67. The zero-order chi connectivity index (χ0) is 17.1. The molecule has 2 N–H and O–H groups in total. The summed E-state index contributed by atoms with van der Waals surface area (Å²) in [6.45, 7) is 1.19. The number of hydrogen-bond donors (Lipinski definition) is 2. The van der Waals surface area contributed by atoms with Crippen LogP contribution in [0, 0.1) is 11.7 Å². The third-order valence-electron chi connectivity index (χ3n) is 4.67. The molecule has 1 aromatic rings. The highest BCUT2D eigenvalue weighted by Crippen LogP contribution is 2.23. The first-order valence-electron chi connectivity index (χ1n) is 8.15. The van der Waals surface area contributed by atoms with Gasteiger partial charge in [-0.25, -0.2) is 9.18 Å². The lowest BCUT2D eigenvalue weighted by molar-refractivity contribution is -0.135. The molecule has 2 heterocycles. The summed E-state index contributed by atoms with van der Waals surface area (Å²) in [5.41, 5.74) is 0.715. The number of rotatable bonds is 4. The Morgan fingerprint density at radius 3 is 2.54 bits per heavy atom. The van der Waals surface area contributed by atoms with Crippen LogP contribution in [0.3, 0.4) is 0 Å². The van der Waals surface area contributed by atoms with Gasteiger partial charge in [0.2, 0.25) is 5.91 Å². The summed E-state index contributed by atoms with van der Waals surface area (Å²) in [6.07, 6.45) is 2.28. The molecule has 4 amide bonds. The summed E-state index contributed by atoms with van der Waals surface area (Å²) in [5.74, 6) is -0.427. The monoisotopic (exact) mass is 333 g/mol. The van der Waals surface area contributed by atoms with E-state index in [1.807, 2.05) is 6.07 Å². The van der Waals surface area contributed by atoms with Crippen LogP contribution in [-0.4, -0.2) is 41.9 Å². The molecular weight excluding hydrogens is 313 g/mol. The SMILES string of the molecule is O=C1NC(=O)C(CC(=O)N2CCC(Cc3ccccc3F)CC2)N1. The number of imide groups is 1. The fourth-order valence-electron chi connectivity index (χ4n) is 3.27. The van der Waals surface area contributed by atoms with E-state index in [0.717, 1.165) is 12.8 Å². The number of urea groups is 1. The molecule has 2 aliphatic heterocycles. The van der Waals surface area contributed by atoms with Crippen LogP contribution in [0.2, 0.25) is 0 Å². The topological polar surface area (TPSA) is 78.5 Å². The Balaban J connectivity index is 1.48. The molecule has 1 atom stereocenters. The predicted octanol–water partition coefficient (Wildman–Crippen LogP) is 1.20. The summed E-state index contributed by atoms with van der Waals surface area (Å²) < 4.78 is 13.7. The maximum Gasteiger partial charge on any atom is 0.322 e. The largest absolute Gasteiger partial charge is 0.343 e. The van der Waals surface area contributed by atoms with Gasteiger partial charge < -0.3 is 10.2 Å². The standard InChI is InChI=1S/C17H20FN3O3/c18-13-4-2-1-3-12(13)9-11-5-7-21(8-6-11)15(22)10-14-16(23)20-17(24)19-14/h1-4,11,14H,5-10H2,(H2,19,20,23,24). The quantitative estimate of drug-likeness (QED) is 0.813. The van der Waals surface area contributed by atoms with Crippen LogP contribution in [0.4, 0.5) is 9.18 Å². The van der Waals surface area contributed by atoms with Crippen LogP contribution in [0.15, 0.2) is 24.3 Å². The number of benzene rings is 1. The lowest BCUT2D eigenvalue weighted by Crippen LogP contribution is -2.42. The average Bonchev–Trinajstić information content (AvgIpc) is 2.88. The third kappa shape index (κ3) is 3.72. The number of nitrogens with zero attached hydrogens (tertiary/aromatic N) is 1. The molecule has 2 saturated heterocycles. The van der Waals surface area contributed by atoms with Crippen molar-refractivity contribution in [2.75, 3.05) is 13.1 Å². The maximum atomic E-state index is 13.7. The van der Waals surface area contributed by atoms with Crippen LogP contribution in [0.5, 0.6) is 0 Å². The van der Waals surface area contributed by atoms with Crippen LogP contribution < -0.4 is 10.6 Å². The minimum atomic E-state index is -0.777. The second-order valence-corrected chi connectivity index (χ2v) is 6.34. The molecule has 0 aromatic heterocycles. The van der Waals surface area contributed by atoms with Crippen molar-refractivity contribution in [1.29, 1.82) is 0 Å². The number of amides is 4. The Bertz CT molecular complexity index is 656. The smallest absolute Gasteiger partial charge is 0.322 e. The fourth-order valence-corrected chi connectivity index (χ4v) is 3.27. The van der Waals surface area contributed by atoms with Gasteiger partial charge in [0.15, 0.2) is 0 Å². The van der Waals surface area contributed by atoms with Gasteiger partial charge in [-0.2, -0.15) is 0 Å². The van der Waals surface area contributed by atoms with Gasteiger partial charge in [-0.3, -0.25) is 14.9 Å². The van der Waals surface area contributed by atoms with E-state index in [1.165, 1.54) is 6.07 Å². The molecule has 24 heavy (non-hydrogen) atoms. The summed E-state index contributed by atoms with van der Waals surface area (Å²) in [7, 11) is 0. The molecular formula is C17H20FN3O3. The van der Waals surface area contributed by atoms with Crippen LogP contribution in [0.25, 0.3) is 0 Å². The highest BCUT2D eigenvalue weighted by Gasteiger charge is 2.33. The number of carbonyl (C=O) groups is 3. The van der Waals surface area contributed by atoms with Gasteiger partial charge in [-0.05, 0) is 36.8 Å². The van der Waals surface area contributed by atoms with Crippen LogP contribution in [0.1, 0.15) is 24.8 Å². The van der Waals surface area contributed by atoms with Gasteiger partial charge >= 0.3 is 6.03 Å². The van der Waals surface area contributed by atoms with Crippen molar-refractivity contribution in [1.82, 2.24) is 15.5 Å². The lowest BCUT2D eigenvalue weighted by atomic mass is 9.90. The van der Waals surface area contributed by atoms with Crippen molar-refractivity contribution >= 4 is 17.8 Å². The van der Waals surface area contributed by atoms with E-state index in [9.17, 15) is 18.8 Å². The van der Waals surface area contributed by atoms with Gasteiger partial charge in [0.05, 0.1) is 6.42 Å². The van der Waals surface area contributed by atoms with E-state index in [1.54, 1.807) is 17.0 Å². The van der Waals surface area contributed by atoms with Crippen molar-refractivity contribution in [2.45, 2.75) is 31.7 Å². The molecule has 0 bridgehead atoms. The van der Waals surface area contributed by atoms with Crippen LogP contribution in [-0.2, 0) is 16.0 Å². The van der Waals surface area contributed by atoms with Gasteiger partial charge in [0.25, 0.3) is 5.91 Å². The lowest BCUT2D eigenvalue weighted by Gasteiger charge is -2.32. The van der Waals surface area contributed by atoms with E-state index >= 15 is 0 Å². The van der Waals surface area contributed by atoms with Gasteiger partial charge in [-0.1, -0.05) is 18.2 Å². The number of hydrogen-bond acceptors (Lipinski definition) is 3. The summed E-state index contributed by atoms with van der Waals surface area (Å²) in [6, 6.07) is 5.45. The maximum absolute atomic E-state index is 13.7. The predicted molar refractivity (Wildman–Crippen MR) is 84.5 cm³/mol. The van der Waals surface area contributed by atoms with Crippen molar-refractivity contribution in [3.05, 3.63) is 35.6 Å². The normalized spacial score (nSPS) is 21.5. The molecule has 3 rings (SSSR count). The molecule has 128 valence electrons. The van der Waals surface area contributed by atoms with E-state index < -0.39 is 18.0 Å². The van der Waals surface area contributed by atoms with Gasteiger partial charge in [0.1, 0.15) is 11.9 Å². The Morgan fingerprint density at radius 2 is 1.92 bits per heavy atom. The molecule has 0 saturated carbocycles. The fraction of sp³-hybridized carbons (Fsp3) is 0.471. The summed E-state index contributed by atoms with van der Waals surface area (Å²) in [5, 5.41) is 4.55. The summed E-state index contributed by atoms with van der Waals surface area (Å²) >= 11 is 0. The first-order chi connectivity index (χ1) is 11.5. The van der Waals surface area contributed by atoms with Gasteiger partial charge in [0, 0.05) is 13.1 Å². The Labute approximate surface area is 139 Å². The molecule has 1 unspecified atom stereocenters. The highest BCUT2D eigenvalue weighted by atomic mass is 19.1. The van der Waals surface area contributed by atoms with E-state index in [0.29, 0.717) is 31.0 Å². The Hall–Kier alpha value is -2.44. The zero-order valence-electron chi connectivity index (χ0n) is 13.3. The number of likely N-dealkylation sites (tertiary alicyclic amines) is 1. The van der Waals surface area contributed by atoms with Crippen LogP contribution >= 0.6 is 0 Å². The first-order valence-corrected chi connectivity index (χ1v) is 8.15. The number of piperidine rings is 1.